The van der Waals surface area contributed by atoms with Crippen molar-refractivity contribution >= 4 is 17.6 Å². The predicted octanol–water partition coefficient (Wildman–Crippen LogP) is 2.63. The van der Waals surface area contributed by atoms with Gasteiger partial charge in [-0.3, -0.25) is 14.1 Å². The van der Waals surface area contributed by atoms with E-state index < -0.39 is 5.76 Å². The molecule has 2 aromatic carbocycles. The van der Waals surface area contributed by atoms with Crippen LogP contribution in [-0.4, -0.2) is 38.9 Å². The Labute approximate surface area is 206 Å². The van der Waals surface area contributed by atoms with E-state index in [1.165, 1.54) is 0 Å². The van der Waals surface area contributed by atoms with Crippen molar-refractivity contribution in [3.63, 3.8) is 0 Å². The van der Waals surface area contributed by atoms with E-state index >= 15 is 0 Å². The van der Waals surface area contributed by atoms with Crippen LogP contribution >= 0.6 is 0 Å². The number of imidazole rings is 1. The van der Waals surface area contributed by atoms with Gasteiger partial charge in [-0.2, -0.15) is 4.98 Å². The first-order valence-corrected chi connectivity index (χ1v) is 11.9. The van der Waals surface area contributed by atoms with E-state index in [9.17, 15) is 9.59 Å². The molecule has 9 heteroatoms. The van der Waals surface area contributed by atoms with Gasteiger partial charge in [-0.05, 0) is 43.4 Å². The maximum Gasteiger partial charge on any atom is 0.439 e. The third kappa shape index (κ3) is 4.47. The summed E-state index contributed by atoms with van der Waals surface area (Å²) < 4.78 is 17.8. The lowest BCUT2D eigenvalue weighted by Crippen LogP contribution is -2.37. The molecule has 36 heavy (non-hydrogen) atoms. The van der Waals surface area contributed by atoms with Gasteiger partial charge in [0.05, 0.1) is 36.0 Å². The molecule has 184 valence electrons. The molecule has 0 saturated carbocycles. The molecule has 0 fully saturated rings. The zero-order chi connectivity index (χ0) is 25.1. The molecule has 0 atom stereocenters. The van der Waals surface area contributed by atoms with E-state index in [4.69, 9.17) is 9.47 Å². The number of aromatic amines is 1. The summed E-state index contributed by atoms with van der Waals surface area (Å²) in [7, 11) is 0. The molecule has 0 unspecified atom stereocenters. The number of hydrogen-bond acceptors (Lipinski definition) is 7. The van der Waals surface area contributed by atoms with Crippen molar-refractivity contribution < 1.29 is 18.8 Å². The van der Waals surface area contributed by atoms with Crippen molar-refractivity contribution in [3.8, 4) is 28.5 Å². The fraction of sp³-hybridized carbons (Fsp3) is 0.259. The van der Waals surface area contributed by atoms with Gasteiger partial charge < -0.3 is 9.47 Å². The SMILES string of the molecule is CCOC(=O)C1=c2c(nc(OCC)n2Cc2ccc(-c3ccccc3-c3noc(=O)[nH]3)cc2)=CCC1. The molecule has 1 aliphatic rings. The van der Waals surface area contributed by atoms with Crippen molar-refractivity contribution in [1.82, 2.24) is 19.7 Å². The Bertz CT molecular complexity index is 1580. The van der Waals surface area contributed by atoms with Gasteiger partial charge in [0.25, 0.3) is 6.01 Å². The molecule has 0 aliphatic heterocycles. The molecule has 0 amide bonds. The second-order valence-corrected chi connectivity index (χ2v) is 8.28. The molecule has 4 aromatic rings. The molecule has 0 bridgehead atoms. The van der Waals surface area contributed by atoms with E-state index in [1.54, 1.807) is 6.92 Å². The van der Waals surface area contributed by atoms with Gasteiger partial charge in [-0.1, -0.05) is 59.8 Å². The number of fused-ring (bicyclic) bond motifs is 1. The number of ether oxygens (including phenoxy) is 2. The van der Waals surface area contributed by atoms with E-state index in [0.29, 0.717) is 43.6 Å². The zero-order valence-electron chi connectivity index (χ0n) is 20.1. The van der Waals surface area contributed by atoms with Crippen LogP contribution in [0.1, 0.15) is 32.3 Å². The van der Waals surface area contributed by atoms with Crippen LogP contribution in [0.15, 0.2) is 57.8 Å². The molecule has 1 N–H and O–H groups in total. The van der Waals surface area contributed by atoms with Gasteiger partial charge in [-0.25, -0.2) is 9.59 Å². The van der Waals surface area contributed by atoms with Crippen molar-refractivity contribution in [2.24, 2.45) is 0 Å². The average molecular weight is 487 g/mol. The van der Waals surface area contributed by atoms with Crippen molar-refractivity contribution in [2.45, 2.75) is 33.2 Å². The molecular formula is C27H26N4O5. The number of H-pyrrole nitrogens is 1. The third-order valence-corrected chi connectivity index (χ3v) is 6.00. The molecule has 0 saturated heterocycles. The fourth-order valence-corrected chi connectivity index (χ4v) is 4.44. The summed E-state index contributed by atoms with van der Waals surface area (Å²) in [6, 6.07) is 16.2. The Morgan fingerprint density at radius 2 is 1.86 bits per heavy atom. The van der Waals surface area contributed by atoms with E-state index in [-0.39, 0.29) is 5.97 Å². The number of hydrogen-bond donors (Lipinski definition) is 1. The Balaban J connectivity index is 1.53. The van der Waals surface area contributed by atoms with Crippen LogP contribution in [0.25, 0.3) is 34.2 Å². The lowest BCUT2D eigenvalue weighted by molar-refractivity contribution is -0.136. The molecule has 9 nitrogen and oxygen atoms in total. The summed E-state index contributed by atoms with van der Waals surface area (Å²) in [6.45, 7) is 4.97. The molecule has 0 radical (unpaired) electrons. The molecule has 0 spiro atoms. The summed E-state index contributed by atoms with van der Waals surface area (Å²) in [4.78, 5) is 31.4. The number of carbonyl (C=O) groups is 1. The summed E-state index contributed by atoms with van der Waals surface area (Å²) in [5.74, 6) is -0.529. The Hall–Kier alpha value is -4.40. The van der Waals surface area contributed by atoms with Crippen LogP contribution in [0.4, 0.5) is 0 Å². The second-order valence-electron chi connectivity index (χ2n) is 8.28. The maximum atomic E-state index is 12.7. The van der Waals surface area contributed by atoms with Crippen molar-refractivity contribution in [3.05, 3.63) is 75.3 Å². The predicted molar refractivity (Wildman–Crippen MR) is 133 cm³/mol. The van der Waals surface area contributed by atoms with Gasteiger partial charge in [0.1, 0.15) is 0 Å². The normalized spacial score (nSPS) is 12.7. The second kappa shape index (κ2) is 10.1. The van der Waals surface area contributed by atoms with E-state index in [0.717, 1.165) is 39.4 Å². The number of rotatable bonds is 8. The van der Waals surface area contributed by atoms with E-state index in [2.05, 4.69) is 19.6 Å². The molecule has 2 aromatic heterocycles. The first-order valence-electron chi connectivity index (χ1n) is 11.9. The van der Waals surface area contributed by atoms with Crippen LogP contribution in [0.3, 0.4) is 0 Å². The first-order chi connectivity index (χ1) is 17.6. The monoisotopic (exact) mass is 486 g/mol. The quantitative estimate of drug-likeness (QED) is 0.381. The molecule has 5 rings (SSSR count). The number of esters is 1. The van der Waals surface area contributed by atoms with Gasteiger partial charge >= 0.3 is 11.7 Å². The summed E-state index contributed by atoms with van der Waals surface area (Å²) >= 11 is 0. The minimum atomic E-state index is -0.597. The highest BCUT2D eigenvalue weighted by Crippen LogP contribution is 2.30. The van der Waals surface area contributed by atoms with Crippen LogP contribution < -0.4 is 21.2 Å². The average Bonchev–Trinajstić information content (AvgIpc) is 3.48. The van der Waals surface area contributed by atoms with Crippen LogP contribution in [0.5, 0.6) is 6.01 Å². The minimum absolute atomic E-state index is 0.311. The smallest absolute Gasteiger partial charge is 0.439 e. The lowest BCUT2D eigenvalue weighted by atomic mass is 9.98. The summed E-state index contributed by atoms with van der Waals surface area (Å²) in [6.07, 6.45) is 3.36. The fourth-order valence-electron chi connectivity index (χ4n) is 4.44. The number of carbonyl (C=O) groups excluding carboxylic acids is 1. The third-order valence-electron chi connectivity index (χ3n) is 6.00. The van der Waals surface area contributed by atoms with E-state index in [1.807, 2.05) is 66.1 Å². The highest BCUT2D eigenvalue weighted by Gasteiger charge is 2.21. The van der Waals surface area contributed by atoms with Crippen molar-refractivity contribution in [1.29, 1.82) is 0 Å². The highest BCUT2D eigenvalue weighted by molar-refractivity contribution is 6.09. The van der Waals surface area contributed by atoms with Gasteiger partial charge in [0.2, 0.25) is 0 Å². The molecule has 2 heterocycles. The zero-order valence-corrected chi connectivity index (χ0v) is 20.1. The Morgan fingerprint density at radius 1 is 1.08 bits per heavy atom. The number of nitrogens with zero attached hydrogens (tertiary/aromatic N) is 3. The standard InChI is InChI=1S/C27H26N4O5/c1-3-34-25(32)21-10-7-11-22-23(21)31(26(28-22)35-4-2)16-17-12-14-18(15-13-17)19-8-5-6-9-20(19)24-29-27(33)36-30-24/h5-6,8-9,11-15H,3-4,7,10,16H2,1-2H3,(H,29,30,33). The van der Waals surface area contributed by atoms with Crippen LogP contribution in [0.2, 0.25) is 0 Å². The summed E-state index contributed by atoms with van der Waals surface area (Å²) in [5, 5.41) is 5.34. The topological polar surface area (TPSA) is 112 Å². The Morgan fingerprint density at radius 3 is 2.56 bits per heavy atom. The number of aromatic nitrogens is 4. The lowest BCUT2D eigenvalue weighted by Gasteiger charge is -2.13. The van der Waals surface area contributed by atoms with Gasteiger partial charge in [-0.15, -0.1) is 0 Å². The van der Waals surface area contributed by atoms with Crippen LogP contribution in [-0.2, 0) is 16.1 Å². The largest absolute Gasteiger partial charge is 0.465 e. The van der Waals surface area contributed by atoms with Gasteiger partial charge in [0, 0.05) is 5.56 Å². The summed E-state index contributed by atoms with van der Waals surface area (Å²) in [5.41, 5.74) is 4.28. The van der Waals surface area contributed by atoms with Crippen molar-refractivity contribution in [2.75, 3.05) is 13.2 Å². The minimum Gasteiger partial charge on any atom is -0.465 e. The Kier molecular flexibility index (Phi) is 6.53. The van der Waals surface area contributed by atoms with Crippen LogP contribution in [0, 0.1) is 0 Å². The maximum absolute atomic E-state index is 12.7. The number of nitrogens with one attached hydrogen (secondary N) is 1. The first kappa shape index (κ1) is 23.3. The molecular weight excluding hydrogens is 460 g/mol. The molecule has 1 aliphatic carbocycles. The number of benzene rings is 2. The highest BCUT2D eigenvalue weighted by atomic mass is 16.5. The van der Waals surface area contributed by atoms with Gasteiger partial charge in [0.15, 0.2) is 5.82 Å².